The Morgan fingerprint density at radius 3 is 2.44 bits per heavy atom. The van der Waals surface area contributed by atoms with Gasteiger partial charge in [0.25, 0.3) is 11.6 Å². The van der Waals surface area contributed by atoms with Crippen molar-refractivity contribution in [2.45, 2.75) is 19.3 Å². The van der Waals surface area contributed by atoms with Gasteiger partial charge in [-0.05, 0) is 24.6 Å². The molecule has 0 fully saturated rings. The van der Waals surface area contributed by atoms with E-state index in [2.05, 4.69) is 10.6 Å². The van der Waals surface area contributed by atoms with E-state index in [1.54, 1.807) is 18.2 Å². The summed E-state index contributed by atoms with van der Waals surface area (Å²) in [5.74, 6) is -0.641. The number of esters is 1. The number of amides is 2. The first-order chi connectivity index (χ1) is 15.3. The molecule has 0 unspecified atom stereocenters. The van der Waals surface area contributed by atoms with Crippen LogP contribution in [0.2, 0.25) is 0 Å². The van der Waals surface area contributed by atoms with Crippen molar-refractivity contribution < 1.29 is 33.5 Å². The van der Waals surface area contributed by atoms with Crippen LogP contribution in [0, 0.1) is 10.1 Å². The Morgan fingerprint density at radius 1 is 0.969 bits per heavy atom. The molecule has 0 atom stereocenters. The Balaban J connectivity index is 1.71. The van der Waals surface area contributed by atoms with Crippen LogP contribution in [0.25, 0.3) is 0 Å². The first-order valence-corrected chi connectivity index (χ1v) is 9.54. The summed E-state index contributed by atoms with van der Waals surface area (Å²) in [4.78, 5) is 46.0. The van der Waals surface area contributed by atoms with Gasteiger partial charge in [0.05, 0.1) is 24.8 Å². The summed E-state index contributed by atoms with van der Waals surface area (Å²) >= 11 is 0. The van der Waals surface area contributed by atoms with Crippen LogP contribution in [0.5, 0.6) is 11.5 Å². The number of benzene rings is 2. The van der Waals surface area contributed by atoms with Gasteiger partial charge in [-0.1, -0.05) is 6.07 Å². The van der Waals surface area contributed by atoms with Crippen LogP contribution >= 0.6 is 0 Å². The Labute approximate surface area is 183 Å². The molecule has 0 aromatic heterocycles. The lowest BCUT2D eigenvalue weighted by Crippen LogP contribution is -2.21. The molecule has 0 aliphatic rings. The van der Waals surface area contributed by atoms with Gasteiger partial charge in [-0.3, -0.25) is 24.5 Å². The van der Waals surface area contributed by atoms with E-state index >= 15 is 0 Å². The maximum atomic E-state index is 12.0. The molecule has 0 heterocycles. The molecule has 2 rings (SSSR count). The highest BCUT2D eigenvalue weighted by Crippen LogP contribution is 2.28. The molecule has 0 aliphatic carbocycles. The monoisotopic (exact) mass is 445 g/mol. The second kappa shape index (κ2) is 11.9. The minimum atomic E-state index is -0.634. The fraction of sp³-hybridized carbons (Fsp3) is 0.286. The van der Waals surface area contributed by atoms with E-state index in [1.807, 2.05) is 0 Å². The van der Waals surface area contributed by atoms with Gasteiger partial charge in [0.15, 0.2) is 6.61 Å². The molecular formula is C21H23N3O8. The standard InChI is InChI=1S/C21H23N3O8/c1-30-16-9-10-17(18(12-16)31-2)23-20(26)13-32-21(27)8-4-7-19(25)22-14-5-3-6-15(11-14)24(28)29/h3,5-6,9-12H,4,7-8,13H2,1-2H3,(H,22,25)(H,23,26). The van der Waals surface area contributed by atoms with E-state index in [1.165, 1.54) is 38.5 Å². The molecular weight excluding hydrogens is 422 g/mol. The highest BCUT2D eigenvalue weighted by Gasteiger charge is 2.13. The van der Waals surface area contributed by atoms with Crippen LogP contribution in [-0.4, -0.2) is 43.5 Å². The molecule has 0 radical (unpaired) electrons. The average molecular weight is 445 g/mol. The number of nitro benzene ring substituents is 1. The molecule has 32 heavy (non-hydrogen) atoms. The van der Waals surface area contributed by atoms with E-state index in [0.29, 0.717) is 17.2 Å². The van der Waals surface area contributed by atoms with Gasteiger partial charge in [0, 0.05) is 36.7 Å². The van der Waals surface area contributed by atoms with Gasteiger partial charge in [0.1, 0.15) is 11.5 Å². The summed E-state index contributed by atoms with van der Waals surface area (Å²) in [5, 5.41) is 15.9. The molecule has 11 nitrogen and oxygen atoms in total. The largest absolute Gasteiger partial charge is 0.497 e. The van der Waals surface area contributed by atoms with Crippen molar-refractivity contribution in [3.8, 4) is 11.5 Å². The van der Waals surface area contributed by atoms with Crippen molar-refractivity contribution in [3.63, 3.8) is 0 Å². The summed E-state index contributed by atoms with van der Waals surface area (Å²) in [5.41, 5.74) is 0.543. The molecule has 11 heteroatoms. The molecule has 0 saturated carbocycles. The van der Waals surface area contributed by atoms with Crippen molar-refractivity contribution in [1.82, 2.24) is 0 Å². The molecule has 2 aromatic carbocycles. The highest BCUT2D eigenvalue weighted by molar-refractivity contribution is 5.94. The molecule has 2 aromatic rings. The Hall–Kier alpha value is -4.15. The zero-order valence-corrected chi connectivity index (χ0v) is 17.6. The predicted molar refractivity (Wildman–Crippen MR) is 115 cm³/mol. The smallest absolute Gasteiger partial charge is 0.306 e. The molecule has 0 saturated heterocycles. The molecule has 0 aliphatic heterocycles. The number of nitro groups is 1. The lowest BCUT2D eigenvalue weighted by molar-refractivity contribution is -0.384. The minimum Gasteiger partial charge on any atom is -0.497 e. The quantitative estimate of drug-likeness (QED) is 0.305. The van der Waals surface area contributed by atoms with Crippen molar-refractivity contribution in [2.75, 3.05) is 31.5 Å². The minimum absolute atomic E-state index is 0.00698. The van der Waals surface area contributed by atoms with Gasteiger partial charge < -0.3 is 24.8 Å². The number of hydrogen-bond acceptors (Lipinski definition) is 8. The van der Waals surface area contributed by atoms with Crippen LogP contribution < -0.4 is 20.1 Å². The molecule has 170 valence electrons. The Kier molecular flexibility index (Phi) is 8.96. The number of methoxy groups -OCH3 is 2. The molecule has 2 N–H and O–H groups in total. The van der Waals surface area contributed by atoms with Gasteiger partial charge in [-0.15, -0.1) is 0 Å². The normalized spacial score (nSPS) is 10.1. The zero-order valence-electron chi connectivity index (χ0n) is 17.6. The number of non-ortho nitro benzene ring substituents is 1. The van der Waals surface area contributed by atoms with Crippen LogP contribution in [0.15, 0.2) is 42.5 Å². The number of rotatable bonds is 11. The van der Waals surface area contributed by atoms with Crippen molar-refractivity contribution in [1.29, 1.82) is 0 Å². The van der Waals surface area contributed by atoms with Gasteiger partial charge in [-0.2, -0.15) is 0 Å². The number of hydrogen-bond donors (Lipinski definition) is 2. The fourth-order valence-corrected chi connectivity index (χ4v) is 2.62. The van der Waals surface area contributed by atoms with Gasteiger partial charge in [0.2, 0.25) is 5.91 Å². The lowest BCUT2D eigenvalue weighted by atomic mass is 10.2. The highest BCUT2D eigenvalue weighted by atomic mass is 16.6. The zero-order chi connectivity index (χ0) is 23.5. The van der Waals surface area contributed by atoms with E-state index in [-0.39, 0.29) is 30.6 Å². The lowest BCUT2D eigenvalue weighted by Gasteiger charge is -2.11. The Morgan fingerprint density at radius 2 is 1.75 bits per heavy atom. The molecule has 0 bridgehead atoms. The summed E-state index contributed by atoms with van der Waals surface area (Å²) in [6.07, 6.45) is 0.127. The van der Waals surface area contributed by atoms with Crippen LogP contribution in [0.1, 0.15) is 19.3 Å². The van der Waals surface area contributed by atoms with Crippen LogP contribution in [0.4, 0.5) is 17.1 Å². The Bertz CT molecular complexity index is 993. The second-order valence-corrected chi connectivity index (χ2v) is 6.48. The number of nitrogens with one attached hydrogen (secondary N) is 2. The summed E-state index contributed by atoms with van der Waals surface area (Å²) in [7, 11) is 2.95. The number of ether oxygens (including phenoxy) is 3. The van der Waals surface area contributed by atoms with Crippen LogP contribution in [0.3, 0.4) is 0 Å². The third kappa shape index (κ3) is 7.59. The summed E-state index contributed by atoms with van der Waals surface area (Å²) in [6.45, 7) is -0.492. The first kappa shape index (κ1) is 24.1. The maximum Gasteiger partial charge on any atom is 0.306 e. The number of carbonyl (C=O) groups excluding carboxylic acids is 3. The number of carbonyl (C=O) groups is 3. The number of nitrogens with zero attached hydrogens (tertiary/aromatic N) is 1. The number of anilines is 2. The van der Waals surface area contributed by atoms with Crippen molar-refractivity contribution in [2.24, 2.45) is 0 Å². The summed E-state index contributed by atoms with van der Waals surface area (Å²) < 4.78 is 15.2. The summed E-state index contributed by atoms with van der Waals surface area (Å²) in [6, 6.07) is 10.4. The maximum absolute atomic E-state index is 12.0. The molecule has 0 spiro atoms. The van der Waals surface area contributed by atoms with Gasteiger partial charge >= 0.3 is 5.97 Å². The second-order valence-electron chi connectivity index (χ2n) is 6.48. The predicted octanol–water partition coefficient (Wildman–Crippen LogP) is 2.90. The topological polar surface area (TPSA) is 146 Å². The van der Waals surface area contributed by atoms with E-state index in [4.69, 9.17) is 14.2 Å². The van der Waals surface area contributed by atoms with Crippen molar-refractivity contribution in [3.05, 3.63) is 52.6 Å². The molecule has 2 amide bonds. The van der Waals surface area contributed by atoms with E-state index in [0.717, 1.165) is 0 Å². The van der Waals surface area contributed by atoms with Crippen molar-refractivity contribution >= 4 is 34.8 Å². The first-order valence-electron chi connectivity index (χ1n) is 9.54. The average Bonchev–Trinajstić information content (AvgIpc) is 2.78. The third-order valence-corrected chi connectivity index (χ3v) is 4.17. The fourth-order valence-electron chi connectivity index (χ4n) is 2.62. The SMILES string of the molecule is COc1ccc(NC(=O)COC(=O)CCCC(=O)Nc2cccc([N+](=O)[O-])c2)c(OC)c1. The van der Waals surface area contributed by atoms with Crippen LogP contribution in [-0.2, 0) is 19.1 Å². The van der Waals surface area contributed by atoms with E-state index in [9.17, 15) is 24.5 Å². The third-order valence-electron chi connectivity index (χ3n) is 4.17. The van der Waals surface area contributed by atoms with Gasteiger partial charge in [-0.25, -0.2) is 0 Å². The van der Waals surface area contributed by atoms with E-state index < -0.39 is 29.3 Å².